The van der Waals surface area contributed by atoms with Crippen LogP contribution in [0.2, 0.25) is 0 Å². The van der Waals surface area contributed by atoms with Crippen molar-refractivity contribution in [2.24, 2.45) is 0 Å². The molecule has 3 heteroatoms. The first-order chi connectivity index (χ1) is 10.3. The Kier molecular flexibility index (Phi) is 4.08. The highest BCUT2D eigenvalue weighted by Crippen LogP contribution is 2.30. The molecular weight excluding hydrogens is 260 g/mol. The first kappa shape index (κ1) is 13.9. The molecule has 0 aliphatic carbocycles. The molecule has 3 nitrogen and oxygen atoms in total. The smallest absolute Gasteiger partial charge is 0.0998 e. The van der Waals surface area contributed by atoms with Crippen molar-refractivity contribution in [1.29, 1.82) is 5.26 Å². The monoisotopic (exact) mass is 280 g/mol. The van der Waals surface area contributed by atoms with E-state index in [0.717, 1.165) is 48.9 Å². The van der Waals surface area contributed by atoms with Crippen LogP contribution in [0.4, 0.5) is 5.69 Å². The third-order valence-electron chi connectivity index (χ3n) is 4.19. The molecule has 2 aromatic rings. The van der Waals surface area contributed by atoms with Gasteiger partial charge < -0.3 is 9.64 Å². The van der Waals surface area contributed by atoms with Crippen LogP contribution in [0.25, 0.3) is 10.8 Å². The number of anilines is 1. The fourth-order valence-electron chi connectivity index (χ4n) is 3.09. The minimum atomic E-state index is 0.333. The summed E-state index contributed by atoms with van der Waals surface area (Å²) in [4.78, 5) is 2.36. The van der Waals surface area contributed by atoms with Gasteiger partial charge in [-0.25, -0.2) is 0 Å². The molecule has 1 aliphatic rings. The van der Waals surface area contributed by atoms with Crippen LogP contribution in [-0.2, 0) is 4.74 Å². The number of ether oxygens (including phenoxy) is 1. The van der Waals surface area contributed by atoms with E-state index in [-0.39, 0.29) is 0 Å². The third kappa shape index (κ3) is 2.72. The Morgan fingerprint density at radius 2 is 2.05 bits per heavy atom. The SMILES string of the molecule is CCN(CC1CCCO1)c1ccc(C#N)c2ccccc12. The summed E-state index contributed by atoms with van der Waals surface area (Å²) in [6.45, 7) is 4.92. The Hall–Kier alpha value is -2.05. The highest BCUT2D eigenvalue weighted by Gasteiger charge is 2.20. The molecule has 1 aliphatic heterocycles. The zero-order valence-electron chi connectivity index (χ0n) is 12.4. The molecule has 1 heterocycles. The molecule has 1 fully saturated rings. The van der Waals surface area contributed by atoms with Crippen LogP contribution in [-0.4, -0.2) is 25.8 Å². The fraction of sp³-hybridized carbons (Fsp3) is 0.389. The predicted octanol–water partition coefficient (Wildman–Crippen LogP) is 3.72. The summed E-state index contributed by atoms with van der Waals surface area (Å²) in [6.07, 6.45) is 2.64. The minimum absolute atomic E-state index is 0.333. The standard InChI is InChI=1S/C18H20N2O/c1-2-20(13-15-6-5-11-21-15)18-10-9-14(12-19)16-7-3-4-8-17(16)18/h3-4,7-10,15H,2,5-6,11,13H2,1H3. The van der Waals surface area contributed by atoms with Gasteiger partial charge in [0.1, 0.15) is 0 Å². The first-order valence-corrected chi connectivity index (χ1v) is 7.62. The van der Waals surface area contributed by atoms with Gasteiger partial charge in [-0.2, -0.15) is 5.26 Å². The van der Waals surface area contributed by atoms with Gasteiger partial charge in [0.25, 0.3) is 0 Å². The quantitative estimate of drug-likeness (QED) is 0.856. The molecule has 0 radical (unpaired) electrons. The molecule has 0 N–H and O–H groups in total. The van der Waals surface area contributed by atoms with Crippen molar-refractivity contribution in [3.63, 3.8) is 0 Å². The Morgan fingerprint density at radius 1 is 1.24 bits per heavy atom. The highest BCUT2D eigenvalue weighted by molar-refractivity contribution is 5.97. The Balaban J connectivity index is 2.00. The molecule has 0 spiro atoms. The highest BCUT2D eigenvalue weighted by atomic mass is 16.5. The number of nitrogens with zero attached hydrogens (tertiary/aromatic N) is 2. The third-order valence-corrected chi connectivity index (χ3v) is 4.19. The van der Waals surface area contributed by atoms with Gasteiger partial charge in [-0.1, -0.05) is 24.3 Å². The van der Waals surface area contributed by atoms with Gasteiger partial charge >= 0.3 is 0 Å². The number of likely N-dealkylation sites (N-methyl/N-ethyl adjacent to an activating group) is 1. The van der Waals surface area contributed by atoms with E-state index in [2.05, 4.69) is 30.0 Å². The molecule has 1 atom stereocenters. The molecular formula is C18H20N2O. The Morgan fingerprint density at radius 3 is 2.71 bits per heavy atom. The van der Waals surface area contributed by atoms with Crippen molar-refractivity contribution in [3.05, 3.63) is 42.0 Å². The lowest BCUT2D eigenvalue weighted by Gasteiger charge is -2.27. The summed E-state index contributed by atoms with van der Waals surface area (Å²) in [5.74, 6) is 0. The first-order valence-electron chi connectivity index (χ1n) is 7.62. The van der Waals surface area contributed by atoms with Crippen LogP contribution in [0.5, 0.6) is 0 Å². The fourth-order valence-corrected chi connectivity index (χ4v) is 3.09. The Bertz CT molecular complexity index is 668. The predicted molar refractivity (Wildman–Crippen MR) is 85.5 cm³/mol. The number of nitriles is 1. The number of rotatable bonds is 4. The summed E-state index contributed by atoms with van der Waals surface area (Å²) in [6, 6.07) is 14.4. The molecule has 0 saturated carbocycles. The second kappa shape index (κ2) is 6.15. The summed E-state index contributed by atoms with van der Waals surface area (Å²) in [7, 11) is 0. The molecule has 21 heavy (non-hydrogen) atoms. The van der Waals surface area contributed by atoms with E-state index in [1.807, 2.05) is 24.3 Å². The molecule has 1 saturated heterocycles. The van der Waals surface area contributed by atoms with Gasteiger partial charge in [0.15, 0.2) is 0 Å². The number of fused-ring (bicyclic) bond motifs is 1. The summed E-state index contributed by atoms with van der Waals surface area (Å²) >= 11 is 0. The largest absolute Gasteiger partial charge is 0.376 e. The Labute approximate surface area is 125 Å². The molecule has 108 valence electrons. The lowest BCUT2D eigenvalue weighted by Crippen LogP contribution is -2.32. The maximum Gasteiger partial charge on any atom is 0.0998 e. The van der Waals surface area contributed by atoms with Crippen LogP contribution >= 0.6 is 0 Å². The summed E-state index contributed by atoms with van der Waals surface area (Å²) in [5.41, 5.74) is 1.94. The van der Waals surface area contributed by atoms with Gasteiger partial charge in [-0.05, 0) is 31.9 Å². The van der Waals surface area contributed by atoms with E-state index in [1.54, 1.807) is 0 Å². The van der Waals surface area contributed by atoms with E-state index in [4.69, 9.17) is 4.74 Å². The summed E-state index contributed by atoms with van der Waals surface area (Å²) < 4.78 is 5.77. The second-order valence-electron chi connectivity index (χ2n) is 5.46. The van der Waals surface area contributed by atoms with Crippen LogP contribution in [0.15, 0.2) is 36.4 Å². The van der Waals surface area contributed by atoms with E-state index < -0.39 is 0 Å². The van der Waals surface area contributed by atoms with Gasteiger partial charge in [0.05, 0.1) is 17.7 Å². The van der Waals surface area contributed by atoms with Crippen molar-refractivity contribution >= 4 is 16.5 Å². The normalized spacial score (nSPS) is 17.8. The molecule has 2 aromatic carbocycles. The zero-order chi connectivity index (χ0) is 14.7. The average molecular weight is 280 g/mol. The molecule has 1 unspecified atom stereocenters. The van der Waals surface area contributed by atoms with E-state index in [9.17, 15) is 5.26 Å². The van der Waals surface area contributed by atoms with Crippen LogP contribution < -0.4 is 4.90 Å². The topological polar surface area (TPSA) is 36.3 Å². The van der Waals surface area contributed by atoms with Crippen molar-refractivity contribution in [2.75, 3.05) is 24.6 Å². The minimum Gasteiger partial charge on any atom is -0.376 e. The lowest BCUT2D eigenvalue weighted by molar-refractivity contribution is 0.116. The van der Waals surface area contributed by atoms with Crippen molar-refractivity contribution in [1.82, 2.24) is 0 Å². The average Bonchev–Trinajstić information content (AvgIpc) is 3.05. The van der Waals surface area contributed by atoms with Crippen molar-refractivity contribution < 1.29 is 4.74 Å². The molecule has 0 amide bonds. The maximum atomic E-state index is 9.27. The van der Waals surface area contributed by atoms with Crippen molar-refractivity contribution in [2.45, 2.75) is 25.9 Å². The second-order valence-corrected chi connectivity index (χ2v) is 5.46. The van der Waals surface area contributed by atoms with Gasteiger partial charge in [-0.3, -0.25) is 0 Å². The van der Waals surface area contributed by atoms with Gasteiger partial charge in [-0.15, -0.1) is 0 Å². The van der Waals surface area contributed by atoms with Gasteiger partial charge in [0.2, 0.25) is 0 Å². The number of hydrogen-bond acceptors (Lipinski definition) is 3. The van der Waals surface area contributed by atoms with Gasteiger partial charge in [0, 0.05) is 36.2 Å². The molecule has 3 rings (SSSR count). The van der Waals surface area contributed by atoms with Crippen molar-refractivity contribution in [3.8, 4) is 6.07 Å². The van der Waals surface area contributed by atoms with Crippen LogP contribution in [0.3, 0.4) is 0 Å². The zero-order valence-corrected chi connectivity index (χ0v) is 12.4. The van der Waals surface area contributed by atoms with E-state index in [1.165, 1.54) is 5.69 Å². The van der Waals surface area contributed by atoms with E-state index >= 15 is 0 Å². The van der Waals surface area contributed by atoms with Crippen LogP contribution in [0.1, 0.15) is 25.3 Å². The molecule has 0 aromatic heterocycles. The van der Waals surface area contributed by atoms with Crippen LogP contribution in [0, 0.1) is 11.3 Å². The lowest BCUT2D eigenvalue weighted by atomic mass is 10.0. The molecule has 0 bridgehead atoms. The number of hydrogen-bond donors (Lipinski definition) is 0. The number of benzene rings is 2. The maximum absolute atomic E-state index is 9.27. The summed E-state index contributed by atoms with van der Waals surface area (Å²) in [5, 5.41) is 11.4. The van der Waals surface area contributed by atoms with E-state index in [0.29, 0.717) is 6.10 Å².